The quantitative estimate of drug-likeness (QED) is 0.635. The van der Waals surface area contributed by atoms with Gasteiger partial charge in [-0.2, -0.15) is 0 Å². The second-order valence-electron chi connectivity index (χ2n) is 4.78. The molecular weight excluding hydrogens is 153 g/mol. The Morgan fingerprint density at radius 3 is 2.08 bits per heavy atom. The molecule has 0 spiro atoms. The van der Waals surface area contributed by atoms with Crippen LogP contribution >= 0.6 is 0 Å². The standard InChI is InChI=1S/C10H22FN/c1-10(2,3)9(11)7-6-8-12(4)5/h9H,6-8H2,1-5H3. The van der Waals surface area contributed by atoms with Crippen molar-refractivity contribution in [1.82, 2.24) is 4.90 Å². The van der Waals surface area contributed by atoms with Gasteiger partial charge in [-0.1, -0.05) is 20.8 Å². The van der Waals surface area contributed by atoms with E-state index in [4.69, 9.17) is 0 Å². The van der Waals surface area contributed by atoms with E-state index < -0.39 is 6.17 Å². The molecule has 0 aromatic rings. The second-order valence-corrected chi connectivity index (χ2v) is 4.78. The maximum absolute atomic E-state index is 13.3. The summed E-state index contributed by atoms with van der Waals surface area (Å²) in [7, 11) is 4.04. The van der Waals surface area contributed by atoms with E-state index in [1.807, 2.05) is 34.9 Å². The van der Waals surface area contributed by atoms with Crippen molar-refractivity contribution < 1.29 is 4.39 Å². The Hall–Kier alpha value is -0.110. The van der Waals surface area contributed by atoms with Crippen molar-refractivity contribution in [2.24, 2.45) is 5.41 Å². The van der Waals surface area contributed by atoms with Gasteiger partial charge in [0.05, 0.1) is 0 Å². The number of hydrogen-bond acceptors (Lipinski definition) is 1. The SMILES string of the molecule is CN(C)CCCC(F)C(C)(C)C. The van der Waals surface area contributed by atoms with Crippen LogP contribution in [0.15, 0.2) is 0 Å². The van der Waals surface area contributed by atoms with Crippen LogP contribution in [0.3, 0.4) is 0 Å². The molecule has 0 amide bonds. The number of rotatable bonds is 4. The third kappa shape index (κ3) is 5.53. The van der Waals surface area contributed by atoms with Crippen molar-refractivity contribution in [3.05, 3.63) is 0 Å². The molecule has 0 bridgehead atoms. The predicted octanol–water partition coefficient (Wildman–Crippen LogP) is 2.71. The highest BCUT2D eigenvalue weighted by atomic mass is 19.1. The van der Waals surface area contributed by atoms with Gasteiger partial charge in [0.2, 0.25) is 0 Å². The number of halogens is 1. The summed E-state index contributed by atoms with van der Waals surface area (Å²) < 4.78 is 13.3. The van der Waals surface area contributed by atoms with Crippen molar-refractivity contribution in [2.45, 2.75) is 39.8 Å². The lowest BCUT2D eigenvalue weighted by atomic mass is 9.88. The minimum Gasteiger partial charge on any atom is -0.309 e. The topological polar surface area (TPSA) is 3.24 Å². The van der Waals surface area contributed by atoms with E-state index in [-0.39, 0.29) is 5.41 Å². The Balaban J connectivity index is 3.51. The summed E-state index contributed by atoms with van der Waals surface area (Å²) in [6.07, 6.45) is 0.963. The van der Waals surface area contributed by atoms with Crippen LogP contribution < -0.4 is 0 Å². The molecule has 1 unspecified atom stereocenters. The van der Waals surface area contributed by atoms with E-state index in [2.05, 4.69) is 4.90 Å². The fourth-order valence-corrected chi connectivity index (χ4v) is 1.02. The molecule has 0 saturated carbocycles. The van der Waals surface area contributed by atoms with Gasteiger partial charge >= 0.3 is 0 Å². The fourth-order valence-electron chi connectivity index (χ4n) is 1.02. The minimum absolute atomic E-state index is 0.188. The lowest BCUT2D eigenvalue weighted by molar-refractivity contribution is 0.146. The van der Waals surface area contributed by atoms with Crippen LogP contribution in [0.5, 0.6) is 0 Å². The fraction of sp³-hybridized carbons (Fsp3) is 1.00. The normalized spacial score (nSPS) is 15.2. The summed E-state index contributed by atoms with van der Waals surface area (Å²) >= 11 is 0. The maximum atomic E-state index is 13.3. The molecule has 0 aromatic carbocycles. The van der Waals surface area contributed by atoms with Crippen LogP contribution in [-0.4, -0.2) is 31.7 Å². The first kappa shape index (κ1) is 11.9. The van der Waals surface area contributed by atoms with E-state index in [9.17, 15) is 4.39 Å². The van der Waals surface area contributed by atoms with Gasteiger partial charge in [0.15, 0.2) is 0 Å². The highest BCUT2D eigenvalue weighted by molar-refractivity contribution is 4.73. The van der Waals surface area contributed by atoms with Gasteiger partial charge < -0.3 is 4.90 Å². The van der Waals surface area contributed by atoms with Gasteiger partial charge in [-0.25, -0.2) is 4.39 Å². The van der Waals surface area contributed by atoms with Crippen molar-refractivity contribution in [1.29, 1.82) is 0 Å². The molecule has 74 valence electrons. The lowest BCUT2D eigenvalue weighted by Gasteiger charge is -2.23. The van der Waals surface area contributed by atoms with Gasteiger partial charge in [-0.05, 0) is 38.9 Å². The third-order valence-electron chi connectivity index (χ3n) is 2.00. The van der Waals surface area contributed by atoms with E-state index in [1.165, 1.54) is 0 Å². The molecule has 0 aliphatic carbocycles. The van der Waals surface area contributed by atoms with Gasteiger partial charge in [-0.15, -0.1) is 0 Å². The summed E-state index contributed by atoms with van der Waals surface area (Å²) in [6.45, 7) is 6.84. The number of alkyl halides is 1. The van der Waals surface area contributed by atoms with Gasteiger partial charge in [-0.3, -0.25) is 0 Å². The number of nitrogens with zero attached hydrogens (tertiary/aromatic N) is 1. The zero-order valence-electron chi connectivity index (χ0n) is 9.02. The second kappa shape index (κ2) is 4.80. The van der Waals surface area contributed by atoms with E-state index in [1.54, 1.807) is 0 Å². The van der Waals surface area contributed by atoms with Crippen LogP contribution in [0.1, 0.15) is 33.6 Å². The minimum atomic E-state index is -0.669. The molecule has 0 saturated heterocycles. The molecule has 0 N–H and O–H groups in total. The maximum Gasteiger partial charge on any atom is 0.105 e. The summed E-state index contributed by atoms with van der Waals surface area (Å²) in [6, 6.07) is 0. The van der Waals surface area contributed by atoms with Crippen LogP contribution in [0.2, 0.25) is 0 Å². The zero-order chi connectivity index (χ0) is 9.78. The van der Waals surface area contributed by atoms with Crippen LogP contribution in [0.25, 0.3) is 0 Å². The molecule has 0 aliphatic heterocycles. The molecule has 1 atom stereocenters. The highest BCUT2D eigenvalue weighted by Gasteiger charge is 2.23. The molecule has 12 heavy (non-hydrogen) atoms. The summed E-state index contributed by atoms with van der Waals surface area (Å²) in [5.41, 5.74) is -0.188. The molecular formula is C10H22FN. The van der Waals surface area contributed by atoms with Crippen molar-refractivity contribution in [2.75, 3.05) is 20.6 Å². The van der Waals surface area contributed by atoms with Crippen molar-refractivity contribution in [3.63, 3.8) is 0 Å². The van der Waals surface area contributed by atoms with Crippen molar-refractivity contribution >= 4 is 0 Å². The Bertz CT molecular complexity index is 115. The lowest BCUT2D eigenvalue weighted by Crippen LogP contribution is -2.23. The van der Waals surface area contributed by atoms with Crippen molar-refractivity contribution in [3.8, 4) is 0 Å². The average Bonchev–Trinajstić information content (AvgIpc) is 1.84. The molecule has 0 fully saturated rings. The number of hydrogen-bond donors (Lipinski definition) is 0. The van der Waals surface area contributed by atoms with E-state index in [0.717, 1.165) is 13.0 Å². The predicted molar refractivity (Wildman–Crippen MR) is 52.1 cm³/mol. The van der Waals surface area contributed by atoms with Gasteiger partial charge in [0.25, 0.3) is 0 Å². The average molecular weight is 175 g/mol. The highest BCUT2D eigenvalue weighted by Crippen LogP contribution is 2.25. The molecule has 2 heteroatoms. The van der Waals surface area contributed by atoms with Crippen LogP contribution in [0.4, 0.5) is 4.39 Å². The van der Waals surface area contributed by atoms with E-state index >= 15 is 0 Å². The molecule has 1 nitrogen and oxygen atoms in total. The van der Waals surface area contributed by atoms with Gasteiger partial charge in [0.1, 0.15) is 6.17 Å². The molecule has 0 rings (SSSR count). The third-order valence-corrected chi connectivity index (χ3v) is 2.00. The largest absolute Gasteiger partial charge is 0.309 e. The molecule has 0 aromatic heterocycles. The molecule has 0 heterocycles. The summed E-state index contributed by atoms with van der Waals surface area (Å²) in [4.78, 5) is 2.09. The Kier molecular flexibility index (Phi) is 4.76. The van der Waals surface area contributed by atoms with Gasteiger partial charge in [0, 0.05) is 0 Å². The Labute approximate surface area is 75.9 Å². The smallest absolute Gasteiger partial charge is 0.105 e. The van der Waals surface area contributed by atoms with Crippen LogP contribution in [0, 0.1) is 5.41 Å². The first-order valence-corrected chi connectivity index (χ1v) is 4.63. The first-order chi connectivity index (χ1) is 5.34. The zero-order valence-corrected chi connectivity index (χ0v) is 9.02. The first-order valence-electron chi connectivity index (χ1n) is 4.63. The van der Waals surface area contributed by atoms with E-state index in [0.29, 0.717) is 6.42 Å². The van der Waals surface area contributed by atoms with Crippen LogP contribution in [-0.2, 0) is 0 Å². The summed E-state index contributed by atoms with van der Waals surface area (Å²) in [5, 5.41) is 0. The monoisotopic (exact) mass is 175 g/mol. The Morgan fingerprint density at radius 1 is 1.25 bits per heavy atom. The Morgan fingerprint density at radius 2 is 1.75 bits per heavy atom. The summed E-state index contributed by atoms with van der Waals surface area (Å²) in [5.74, 6) is 0. The molecule has 0 radical (unpaired) electrons. The molecule has 0 aliphatic rings.